The van der Waals surface area contributed by atoms with Crippen LogP contribution in [0.4, 0.5) is 16.2 Å². The maximum absolute atomic E-state index is 13.2. The Morgan fingerprint density at radius 2 is 1.94 bits per heavy atom. The first-order valence-corrected chi connectivity index (χ1v) is 10.3. The van der Waals surface area contributed by atoms with Crippen molar-refractivity contribution in [2.24, 2.45) is 0 Å². The zero-order valence-electron chi connectivity index (χ0n) is 18.1. The van der Waals surface area contributed by atoms with Crippen LogP contribution in [0.25, 0.3) is 10.9 Å². The molecular formula is C24H24N4O4. The van der Waals surface area contributed by atoms with Gasteiger partial charge in [-0.25, -0.2) is 4.79 Å². The van der Waals surface area contributed by atoms with Crippen molar-refractivity contribution >= 4 is 40.1 Å². The summed E-state index contributed by atoms with van der Waals surface area (Å²) in [7, 11) is 0. The number of carbonyl (C=O) groups is 3. The van der Waals surface area contributed by atoms with Gasteiger partial charge in [0, 0.05) is 41.5 Å². The van der Waals surface area contributed by atoms with Gasteiger partial charge in [0.15, 0.2) is 0 Å². The Morgan fingerprint density at radius 1 is 1.16 bits per heavy atom. The van der Waals surface area contributed by atoms with E-state index in [1.165, 1.54) is 11.0 Å². The van der Waals surface area contributed by atoms with E-state index in [4.69, 9.17) is 0 Å². The lowest BCUT2D eigenvalue weighted by atomic mass is 9.84. The SMILES string of the molecule is CC(C)(C)c1cc(N2CCC(=O)NC2=O)cc(C(=O)Nc2ccc3ncccc3c2)c1O. The Kier molecular flexibility index (Phi) is 5.30. The van der Waals surface area contributed by atoms with Crippen molar-refractivity contribution in [3.05, 3.63) is 59.8 Å². The highest BCUT2D eigenvalue weighted by Gasteiger charge is 2.29. The highest BCUT2D eigenvalue weighted by molar-refractivity contribution is 6.10. The molecule has 8 nitrogen and oxygen atoms in total. The van der Waals surface area contributed by atoms with Gasteiger partial charge in [-0.3, -0.25) is 24.8 Å². The molecule has 0 unspecified atom stereocenters. The quantitative estimate of drug-likeness (QED) is 0.581. The number of rotatable bonds is 3. The molecule has 3 aromatic rings. The van der Waals surface area contributed by atoms with E-state index in [2.05, 4.69) is 15.6 Å². The van der Waals surface area contributed by atoms with Gasteiger partial charge < -0.3 is 10.4 Å². The van der Waals surface area contributed by atoms with Crippen molar-refractivity contribution in [2.75, 3.05) is 16.8 Å². The van der Waals surface area contributed by atoms with Gasteiger partial charge in [0.2, 0.25) is 5.91 Å². The minimum atomic E-state index is -0.555. The summed E-state index contributed by atoms with van der Waals surface area (Å²) in [6, 6.07) is 11.6. The number of hydrogen-bond acceptors (Lipinski definition) is 5. The summed E-state index contributed by atoms with van der Waals surface area (Å²) in [5.41, 5.74) is 1.86. The number of fused-ring (bicyclic) bond motifs is 1. The van der Waals surface area contributed by atoms with Gasteiger partial charge in [-0.15, -0.1) is 0 Å². The first-order valence-electron chi connectivity index (χ1n) is 10.3. The second kappa shape index (κ2) is 7.96. The molecule has 0 radical (unpaired) electrons. The van der Waals surface area contributed by atoms with E-state index < -0.39 is 17.4 Å². The maximum atomic E-state index is 13.2. The number of aromatic nitrogens is 1. The van der Waals surface area contributed by atoms with Crippen LogP contribution in [0.15, 0.2) is 48.7 Å². The van der Waals surface area contributed by atoms with Crippen LogP contribution >= 0.6 is 0 Å². The minimum Gasteiger partial charge on any atom is -0.507 e. The van der Waals surface area contributed by atoms with Gasteiger partial charge in [-0.2, -0.15) is 0 Å². The molecule has 3 N–H and O–H groups in total. The van der Waals surface area contributed by atoms with Gasteiger partial charge in [-0.05, 0) is 41.8 Å². The summed E-state index contributed by atoms with van der Waals surface area (Å²) >= 11 is 0. The van der Waals surface area contributed by atoms with Crippen LogP contribution in [0.2, 0.25) is 0 Å². The highest BCUT2D eigenvalue weighted by atomic mass is 16.3. The molecule has 0 saturated carbocycles. The topological polar surface area (TPSA) is 112 Å². The summed E-state index contributed by atoms with van der Waals surface area (Å²) in [6.45, 7) is 5.91. The maximum Gasteiger partial charge on any atom is 0.328 e. The summed E-state index contributed by atoms with van der Waals surface area (Å²) in [6.07, 6.45) is 1.85. The van der Waals surface area contributed by atoms with Crippen LogP contribution in [0, 0.1) is 0 Å². The number of imide groups is 1. The monoisotopic (exact) mass is 432 g/mol. The van der Waals surface area contributed by atoms with E-state index >= 15 is 0 Å². The van der Waals surface area contributed by atoms with Crippen molar-refractivity contribution < 1.29 is 19.5 Å². The Labute approximate surface area is 185 Å². The fourth-order valence-corrected chi connectivity index (χ4v) is 3.68. The van der Waals surface area contributed by atoms with Gasteiger partial charge in [0.1, 0.15) is 5.75 Å². The third-order valence-electron chi connectivity index (χ3n) is 5.37. The Hall–Kier alpha value is -3.94. The molecule has 2 aromatic carbocycles. The first kappa shape index (κ1) is 21.3. The number of nitrogens with zero attached hydrogens (tertiary/aromatic N) is 2. The number of nitrogens with one attached hydrogen (secondary N) is 2. The Morgan fingerprint density at radius 3 is 2.66 bits per heavy atom. The molecule has 2 heterocycles. The number of aromatic hydroxyl groups is 1. The average Bonchev–Trinajstić information content (AvgIpc) is 2.73. The molecular weight excluding hydrogens is 408 g/mol. The molecule has 32 heavy (non-hydrogen) atoms. The average molecular weight is 432 g/mol. The Balaban J connectivity index is 1.73. The summed E-state index contributed by atoms with van der Waals surface area (Å²) in [5, 5.41) is 16.9. The van der Waals surface area contributed by atoms with Crippen LogP contribution in [-0.4, -0.2) is 34.5 Å². The predicted molar refractivity (Wildman–Crippen MR) is 122 cm³/mol. The van der Waals surface area contributed by atoms with Gasteiger partial charge in [0.05, 0.1) is 11.1 Å². The summed E-state index contributed by atoms with van der Waals surface area (Å²) < 4.78 is 0. The molecule has 4 amide bonds. The zero-order valence-corrected chi connectivity index (χ0v) is 18.1. The normalized spacial score (nSPS) is 14.4. The fourth-order valence-electron chi connectivity index (χ4n) is 3.68. The molecule has 4 rings (SSSR count). The number of urea groups is 1. The van der Waals surface area contributed by atoms with Gasteiger partial charge >= 0.3 is 6.03 Å². The number of phenolic OH excluding ortho intramolecular Hbond substituents is 1. The number of amides is 4. The van der Waals surface area contributed by atoms with Crippen molar-refractivity contribution in [1.82, 2.24) is 10.3 Å². The van der Waals surface area contributed by atoms with Crippen molar-refractivity contribution in [1.29, 1.82) is 0 Å². The van der Waals surface area contributed by atoms with E-state index in [1.54, 1.807) is 30.5 Å². The standard InChI is InChI=1S/C24H24N4O4/c1-24(2,3)18-13-16(28-10-8-20(29)27-23(28)32)12-17(21(18)30)22(31)26-15-6-7-19-14(11-15)5-4-9-25-19/h4-7,9,11-13,30H,8,10H2,1-3H3,(H,26,31)(H,27,29,32). The minimum absolute atomic E-state index is 0.0448. The molecule has 0 aliphatic carbocycles. The molecule has 0 spiro atoms. The van der Waals surface area contributed by atoms with E-state index in [0.29, 0.717) is 16.9 Å². The van der Waals surface area contributed by atoms with Crippen molar-refractivity contribution in [3.8, 4) is 5.75 Å². The molecule has 0 bridgehead atoms. The molecule has 0 atom stereocenters. The van der Waals surface area contributed by atoms with E-state index in [-0.39, 0.29) is 30.2 Å². The van der Waals surface area contributed by atoms with Crippen LogP contribution in [-0.2, 0) is 10.2 Å². The van der Waals surface area contributed by atoms with Crippen LogP contribution in [0.1, 0.15) is 43.1 Å². The lowest BCUT2D eigenvalue weighted by molar-refractivity contribution is -0.120. The van der Waals surface area contributed by atoms with Crippen molar-refractivity contribution in [2.45, 2.75) is 32.6 Å². The number of benzene rings is 2. The molecule has 164 valence electrons. The van der Waals surface area contributed by atoms with Crippen LogP contribution in [0.5, 0.6) is 5.75 Å². The number of pyridine rings is 1. The van der Waals surface area contributed by atoms with Crippen LogP contribution < -0.4 is 15.5 Å². The predicted octanol–water partition coefficient (Wildman–Crippen LogP) is 3.94. The van der Waals surface area contributed by atoms with E-state index in [1.807, 2.05) is 32.9 Å². The molecule has 1 aliphatic rings. The lowest BCUT2D eigenvalue weighted by Gasteiger charge is -2.29. The molecule has 1 aliphatic heterocycles. The second-order valence-corrected chi connectivity index (χ2v) is 8.76. The van der Waals surface area contributed by atoms with Gasteiger partial charge in [0.25, 0.3) is 5.91 Å². The van der Waals surface area contributed by atoms with Crippen molar-refractivity contribution in [3.63, 3.8) is 0 Å². The molecule has 1 fully saturated rings. The first-order chi connectivity index (χ1) is 15.1. The summed E-state index contributed by atoms with van der Waals surface area (Å²) in [4.78, 5) is 42.7. The second-order valence-electron chi connectivity index (χ2n) is 8.76. The number of phenols is 1. The largest absolute Gasteiger partial charge is 0.507 e. The van der Waals surface area contributed by atoms with Gasteiger partial charge in [-0.1, -0.05) is 26.8 Å². The fraction of sp³-hybridized carbons (Fsp3) is 0.250. The third kappa shape index (κ3) is 4.12. The highest BCUT2D eigenvalue weighted by Crippen LogP contribution is 2.38. The van der Waals surface area contributed by atoms with E-state index in [0.717, 1.165) is 10.9 Å². The molecule has 8 heteroatoms. The Bertz CT molecular complexity index is 1250. The number of anilines is 2. The lowest BCUT2D eigenvalue weighted by Crippen LogP contribution is -2.49. The smallest absolute Gasteiger partial charge is 0.328 e. The third-order valence-corrected chi connectivity index (χ3v) is 5.37. The zero-order chi connectivity index (χ0) is 23.0. The molecule has 1 aromatic heterocycles. The number of hydrogen-bond donors (Lipinski definition) is 3. The molecule has 1 saturated heterocycles. The van der Waals surface area contributed by atoms with Crippen LogP contribution in [0.3, 0.4) is 0 Å². The van der Waals surface area contributed by atoms with E-state index in [9.17, 15) is 19.5 Å². The summed E-state index contributed by atoms with van der Waals surface area (Å²) in [5.74, 6) is -0.994. The number of carbonyl (C=O) groups excluding carboxylic acids is 3.